The number of hydrogen-bond acceptors (Lipinski definition) is 0. The van der Waals surface area contributed by atoms with Gasteiger partial charge < -0.3 is 0 Å². The van der Waals surface area contributed by atoms with Crippen molar-refractivity contribution in [3.05, 3.63) is 74.9 Å². The molecule has 1 saturated carbocycles. The maximum absolute atomic E-state index is 14.7. The summed E-state index contributed by atoms with van der Waals surface area (Å²) < 4.78 is 29.4. The monoisotopic (exact) mass is 352 g/mol. The second kappa shape index (κ2) is 6.33. The standard InChI is InChI=1S/C24H26F2/c1-13-5-6-14(2)23(25)21(13)19-10-9-18(12-19)20-11-15(3)24(26)22(16(20)4)17-7-8-17/h5-6,10-11,17-18H,7-9,12H2,1-4H3. The number of halogens is 2. The van der Waals surface area contributed by atoms with Crippen molar-refractivity contribution in [3.8, 4) is 0 Å². The highest BCUT2D eigenvalue weighted by atomic mass is 19.1. The van der Waals surface area contributed by atoms with Crippen LogP contribution in [0.4, 0.5) is 8.78 Å². The van der Waals surface area contributed by atoms with Gasteiger partial charge in [0.1, 0.15) is 11.6 Å². The maximum atomic E-state index is 14.7. The summed E-state index contributed by atoms with van der Waals surface area (Å²) in [5, 5.41) is 0. The van der Waals surface area contributed by atoms with Crippen LogP contribution >= 0.6 is 0 Å². The first-order valence-corrected chi connectivity index (χ1v) is 9.63. The summed E-state index contributed by atoms with van der Waals surface area (Å²) in [4.78, 5) is 0. The highest BCUT2D eigenvalue weighted by molar-refractivity contribution is 5.72. The Morgan fingerprint density at radius 3 is 2.23 bits per heavy atom. The molecule has 0 amide bonds. The molecular weight excluding hydrogens is 326 g/mol. The van der Waals surface area contributed by atoms with Crippen LogP contribution < -0.4 is 0 Å². The molecule has 1 unspecified atom stereocenters. The lowest BCUT2D eigenvalue weighted by atomic mass is 9.85. The first-order valence-electron chi connectivity index (χ1n) is 9.63. The molecular formula is C24H26F2. The normalized spacial score (nSPS) is 19.8. The predicted molar refractivity (Wildman–Crippen MR) is 104 cm³/mol. The van der Waals surface area contributed by atoms with Crippen molar-refractivity contribution in [2.75, 3.05) is 0 Å². The van der Waals surface area contributed by atoms with Gasteiger partial charge in [-0.15, -0.1) is 0 Å². The van der Waals surface area contributed by atoms with Gasteiger partial charge in [-0.1, -0.05) is 24.3 Å². The van der Waals surface area contributed by atoms with E-state index in [0.29, 0.717) is 17.4 Å². The van der Waals surface area contributed by atoms with Gasteiger partial charge in [-0.3, -0.25) is 0 Å². The van der Waals surface area contributed by atoms with Crippen LogP contribution in [0.2, 0.25) is 0 Å². The van der Waals surface area contributed by atoms with Gasteiger partial charge in [0.2, 0.25) is 0 Å². The Morgan fingerprint density at radius 2 is 1.54 bits per heavy atom. The van der Waals surface area contributed by atoms with E-state index in [2.05, 4.69) is 13.0 Å². The Bertz CT molecular complexity index is 917. The first kappa shape index (κ1) is 17.5. The van der Waals surface area contributed by atoms with Gasteiger partial charge in [-0.2, -0.15) is 0 Å². The second-order valence-electron chi connectivity index (χ2n) is 8.16. The highest BCUT2D eigenvalue weighted by Gasteiger charge is 2.32. The zero-order valence-electron chi connectivity index (χ0n) is 16.0. The molecule has 1 fully saturated rings. The minimum Gasteiger partial charge on any atom is -0.206 e. The summed E-state index contributed by atoms with van der Waals surface area (Å²) in [5.74, 6) is 0.614. The molecule has 2 aromatic rings. The number of aryl methyl sites for hydroxylation is 3. The van der Waals surface area contributed by atoms with Gasteiger partial charge in [-0.25, -0.2) is 8.78 Å². The van der Waals surface area contributed by atoms with E-state index in [0.717, 1.165) is 59.1 Å². The Kier molecular flexibility index (Phi) is 4.25. The summed E-state index contributed by atoms with van der Waals surface area (Å²) >= 11 is 0. The molecule has 2 heteroatoms. The fourth-order valence-electron chi connectivity index (χ4n) is 4.55. The molecule has 2 aliphatic rings. The molecule has 1 atom stereocenters. The van der Waals surface area contributed by atoms with E-state index in [-0.39, 0.29) is 11.6 Å². The fraction of sp³-hybridized carbons (Fsp3) is 0.417. The number of benzene rings is 2. The molecule has 0 heterocycles. The average molecular weight is 352 g/mol. The fourth-order valence-corrected chi connectivity index (χ4v) is 4.55. The van der Waals surface area contributed by atoms with Gasteiger partial charge in [0.15, 0.2) is 0 Å². The van der Waals surface area contributed by atoms with Crippen molar-refractivity contribution in [3.63, 3.8) is 0 Å². The van der Waals surface area contributed by atoms with Gasteiger partial charge in [0.25, 0.3) is 0 Å². The van der Waals surface area contributed by atoms with E-state index in [1.807, 2.05) is 39.0 Å². The molecule has 2 aliphatic carbocycles. The van der Waals surface area contributed by atoms with Crippen LogP contribution in [-0.4, -0.2) is 0 Å². The van der Waals surface area contributed by atoms with Crippen molar-refractivity contribution < 1.29 is 8.78 Å². The van der Waals surface area contributed by atoms with Crippen molar-refractivity contribution in [2.45, 2.75) is 65.2 Å². The second-order valence-corrected chi connectivity index (χ2v) is 8.16. The summed E-state index contributed by atoms with van der Waals surface area (Å²) in [6.07, 6.45) is 6.12. The largest absolute Gasteiger partial charge is 0.206 e. The molecule has 0 aliphatic heterocycles. The lowest BCUT2D eigenvalue weighted by Gasteiger charge is -2.20. The van der Waals surface area contributed by atoms with E-state index in [4.69, 9.17) is 0 Å². The minimum absolute atomic E-state index is 0.0134. The Balaban J connectivity index is 1.69. The number of allylic oxidation sites excluding steroid dienone is 2. The van der Waals surface area contributed by atoms with E-state index in [9.17, 15) is 8.78 Å². The third-order valence-electron chi connectivity index (χ3n) is 6.20. The number of rotatable bonds is 3. The van der Waals surface area contributed by atoms with Crippen LogP contribution in [0.1, 0.15) is 76.5 Å². The lowest BCUT2D eigenvalue weighted by Crippen LogP contribution is -2.05. The van der Waals surface area contributed by atoms with Crippen LogP contribution in [0.15, 0.2) is 24.3 Å². The summed E-state index contributed by atoms with van der Waals surface area (Å²) in [6, 6.07) is 5.87. The van der Waals surface area contributed by atoms with E-state index in [1.165, 1.54) is 5.56 Å². The van der Waals surface area contributed by atoms with Crippen molar-refractivity contribution in [2.24, 2.45) is 0 Å². The van der Waals surface area contributed by atoms with Crippen LogP contribution in [0.25, 0.3) is 5.57 Å². The molecule has 0 aromatic heterocycles. The van der Waals surface area contributed by atoms with Crippen LogP contribution in [-0.2, 0) is 0 Å². The SMILES string of the molecule is Cc1ccc(C)c(C2=CCC(c3cc(C)c(F)c(C4CC4)c3C)C2)c1F. The van der Waals surface area contributed by atoms with Crippen LogP contribution in [0.3, 0.4) is 0 Å². The summed E-state index contributed by atoms with van der Waals surface area (Å²) in [6.45, 7) is 7.74. The maximum Gasteiger partial charge on any atom is 0.133 e. The molecule has 136 valence electrons. The average Bonchev–Trinajstić information content (AvgIpc) is 3.32. The van der Waals surface area contributed by atoms with Gasteiger partial charge in [0, 0.05) is 5.56 Å². The van der Waals surface area contributed by atoms with Crippen molar-refractivity contribution in [1.82, 2.24) is 0 Å². The van der Waals surface area contributed by atoms with Crippen LogP contribution in [0, 0.1) is 39.3 Å². The lowest BCUT2D eigenvalue weighted by molar-refractivity contribution is 0.595. The molecule has 0 spiro atoms. The van der Waals surface area contributed by atoms with E-state index >= 15 is 0 Å². The van der Waals surface area contributed by atoms with Gasteiger partial charge in [-0.05, 0) is 104 Å². The molecule has 0 N–H and O–H groups in total. The highest BCUT2D eigenvalue weighted by Crippen LogP contribution is 2.48. The molecule has 4 rings (SSSR count). The number of hydrogen-bond donors (Lipinski definition) is 0. The van der Waals surface area contributed by atoms with Crippen molar-refractivity contribution >= 4 is 5.57 Å². The molecule has 26 heavy (non-hydrogen) atoms. The third kappa shape index (κ3) is 2.80. The Morgan fingerprint density at radius 1 is 0.846 bits per heavy atom. The molecule has 2 aromatic carbocycles. The van der Waals surface area contributed by atoms with Gasteiger partial charge in [0.05, 0.1) is 0 Å². The van der Waals surface area contributed by atoms with E-state index in [1.54, 1.807) is 0 Å². The molecule has 0 nitrogen and oxygen atoms in total. The Labute approximate surface area is 154 Å². The third-order valence-corrected chi connectivity index (χ3v) is 6.20. The summed E-state index contributed by atoms with van der Waals surface area (Å²) in [5.41, 5.74) is 7.62. The topological polar surface area (TPSA) is 0 Å². The summed E-state index contributed by atoms with van der Waals surface area (Å²) in [7, 11) is 0. The van der Waals surface area contributed by atoms with Crippen LogP contribution in [0.5, 0.6) is 0 Å². The van der Waals surface area contributed by atoms with Crippen molar-refractivity contribution in [1.29, 1.82) is 0 Å². The molecule has 0 radical (unpaired) electrons. The first-order chi connectivity index (χ1) is 12.4. The molecule has 0 bridgehead atoms. The predicted octanol–water partition coefficient (Wildman–Crippen LogP) is 7.04. The quantitative estimate of drug-likeness (QED) is 0.556. The smallest absolute Gasteiger partial charge is 0.133 e. The molecule has 0 saturated heterocycles. The minimum atomic E-state index is -0.0948. The van der Waals surface area contributed by atoms with E-state index < -0.39 is 0 Å². The van der Waals surface area contributed by atoms with Gasteiger partial charge >= 0.3 is 0 Å². The Hall–Kier alpha value is -1.96. The zero-order chi connectivity index (χ0) is 18.6. The zero-order valence-corrected chi connectivity index (χ0v) is 16.0.